The van der Waals surface area contributed by atoms with Crippen LogP contribution in [-0.4, -0.2) is 38.2 Å². The van der Waals surface area contributed by atoms with Gasteiger partial charge in [0.25, 0.3) is 0 Å². The molecule has 3 nitrogen and oxygen atoms in total. The Labute approximate surface area is 85.3 Å². The molecular weight excluding hydrogens is 205 g/mol. The molecule has 1 rings (SSSR count). The van der Waals surface area contributed by atoms with E-state index in [1.807, 2.05) is 13.8 Å². The number of sulfonamides is 1. The molecule has 1 fully saturated rings. The maximum absolute atomic E-state index is 12.7. The fourth-order valence-corrected chi connectivity index (χ4v) is 3.28. The van der Waals surface area contributed by atoms with Gasteiger partial charge < -0.3 is 0 Å². The summed E-state index contributed by atoms with van der Waals surface area (Å²) < 4.78 is 36.8. The van der Waals surface area contributed by atoms with Gasteiger partial charge >= 0.3 is 0 Å². The van der Waals surface area contributed by atoms with Gasteiger partial charge in [0, 0.05) is 12.6 Å². The summed E-state index contributed by atoms with van der Waals surface area (Å²) in [6.45, 7) is 3.80. The van der Waals surface area contributed by atoms with Crippen molar-refractivity contribution in [2.24, 2.45) is 5.41 Å². The van der Waals surface area contributed by atoms with Crippen LogP contribution >= 0.6 is 0 Å². The zero-order chi connectivity index (χ0) is 11.0. The fourth-order valence-electron chi connectivity index (χ4n) is 2.13. The highest BCUT2D eigenvalue weighted by Gasteiger charge is 2.37. The van der Waals surface area contributed by atoms with E-state index < -0.39 is 10.0 Å². The standard InChI is InChI=1S/C9H18FNO2S/c1-8-6-9(2,7-10)4-5-11(8)14(3,12)13/h8H,4-7H2,1-3H3. The van der Waals surface area contributed by atoms with Crippen LogP contribution in [0.2, 0.25) is 0 Å². The van der Waals surface area contributed by atoms with E-state index in [1.54, 1.807) is 0 Å². The van der Waals surface area contributed by atoms with Crippen LogP contribution in [0.5, 0.6) is 0 Å². The molecule has 14 heavy (non-hydrogen) atoms. The number of piperidine rings is 1. The third-order valence-corrected chi connectivity index (χ3v) is 4.36. The third-order valence-electron chi connectivity index (χ3n) is 2.96. The Morgan fingerprint density at radius 3 is 2.50 bits per heavy atom. The smallest absolute Gasteiger partial charge is 0.211 e. The predicted molar refractivity (Wildman–Crippen MR) is 54.3 cm³/mol. The van der Waals surface area contributed by atoms with Gasteiger partial charge in [-0.1, -0.05) is 6.92 Å². The van der Waals surface area contributed by atoms with Gasteiger partial charge in [0.15, 0.2) is 0 Å². The molecule has 0 bridgehead atoms. The zero-order valence-electron chi connectivity index (χ0n) is 8.96. The van der Waals surface area contributed by atoms with Crippen molar-refractivity contribution in [2.45, 2.75) is 32.7 Å². The first-order valence-electron chi connectivity index (χ1n) is 4.81. The van der Waals surface area contributed by atoms with Crippen LogP contribution in [-0.2, 0) is 10.0 Å². The lowest BCUT2D eigenvalue weighted by Crippen LogP contribution is -2.47. The number of rotatable bonds is 2. The van der Waals surface area contributed by atoms with Crippen molar-refractivity contribution in [3.8, 4) is 0 Å². The van der Waals surface area contributed by atoms with Gasteiger partial charge in [-0.3, -0.25) is 4.39 Å². The van der Waals surface area contributed by atoms with Crippen LogP contribution in [0.25, 0.3) is 0 Å². The average Bonchev–Trinajstić information content (AvgIpc) is 2.01. The monoisotopic (exact) mass is 223 g/mol. The third kappa shape index (κ3) is 2.45. The first kappa shape index (κ1) is 11.9. The van der Waals surface area contributed by atoms with Gasteiger partial charge in [0.1, 0.15) is 0 Å². The topological polar surface area (TPSA) is 37.4 Å². The molecule has 5 heteroatoms. The summed E-state index contributed by atoms with van der Waals surface area (Å²) in [5.41, 5.74) is -0.333. The van der Waals surface area contributed by atoms with E-state index >= 15 is 0 Å². The summed E-state index contributed by atoms with van der Waals surface area (Å²) in [6, 6.07) is -0.0838. The first-order chi connectivity index (χ1) is 6.28. The van der Waals surface area contributed by atoms with Crippen LogP contribution in [0, 0.1) is 5.41 Å². The maximum atomic E-state index is 12.7. The Kier molecular flexibility index (Phi) is 3.21. The number of hydrogen-bond donors (Lipinski definition) is 0. The van der Waals surface area contributed by atoms with Crippen LogP contribution in [0.15, 0.2) is 0 Å². The molecule has 84 valence electrons. The number of alkyl halides is 1. The quantitative estimate of drug-likeness (QED) is 0.709. The van der Waals surface area contributed by atoms with Gasteiger partial charge in [-0.05, 0) is 25.2 Å². The van der Waals surface area contributed by atoms with E-state index in [4.69, 9.17) is 0 Å². The van der Waals surface area contributed by atoms with Crippen molar-refractivity contribution >= 4 is 10.0 Å². The number of nitrogens with zero attached hydrogens (tertiary/aromatic N) is 1. The zero-order valence-corrected chi connectivity index (χ0v) is 9.77. The number of halogens is 1. The lowest BCUT2D eigenvalue weighted by atomic mass is 9.79. The van der Waals surface area contributed by atoms with Gasteiger partial charge in [-0.15, -0.1) is 0 Å². The molecule has 0 aromatic heterocycles. The van der Waals surface area contributed by atoms with E-state index in [2.05, 4.69) is 0 Å². The van der Waals surface area contributed by atoms with E-state index in [0.29, 0.717) is 19.4 Å². The predicted octanol–water partition coefficient (Wildman–Crippen LogP) is 1.41. The molecule has 2 atom stereocenters. The molecule has 0 N–H and O–H groups in total. The minimum Gasteiger partial charge on any atom is -0.251 e. The average molecular weight is 223 g/mol. The van der Waals surface area contributed by atoms with Crippen LogP contribution < -0.4 is 0 Å². The molecular formula is C9H18FNO2S. The Hall–Kier alpha value is -0.160. The molecule has 0 aromatic rings. The van der Waals surface area contributed by atoms with Crippen LogP contribution in [0.4, 0.5) is 4.39 Å². The van der Waals surface area contributed by atoms with Crippen molar-refractivity contribution in [2.75, 3.05) is 19.5 Å². The second-order valence-electron chi connectivity index (χ2n) is 4.62. The summed E-state index contributed by atoms with van der Waals surface area (Å²) in [5, 5.41) is 0. The van der Waals surface area contributed by atoms with Crippen LogP contribution in [0.1, 0.15) is 26.7 Å². The van der Waals surface area contributed by atoms with Crippen molar-refractivity contribution in [1.29, 1.82) is 0 Å². The van der Waals surface area contributed by atoms with E-state index in [-0.39, 0.29) is 18.1 Å². The summed E-state index contributed by atoms with van der Waals surface area (Å²) in [5.74, 6) is 0. The Morgan fingerprint density at radius 1 is 1.57 bits per heavy atom. The van der Waals surface area contributed by atoms with E-state index in [1.165, 1.54) is 10.6 Å². The van der Waals surface area contributed by atoms with E-state index in [0.717, 1.165) is 0 Å². The van der Waals surface area contributed by atoms with Gasteiger partial charge in [0.05, 0.1) is 12.9 Å². The van der Waals surface area contributed by atoms with E-state index in [9.17, 15) is 12.8 Å². The fraction of sp³-hybridized carbons (Fsp3) is 1.00. The lowest BCUT2D eigenvalue weighted by molar-refractivity contribution is 0.0997. The van der Waals surface area contributed by atoms with Gasteiger partial charge in [-0.2, -0.15) is 4.31 Å². The van der Waals surface area contributed by atoms with Crippen molar-refractivity contribution in [3.05, 3.63) is 0 Å². The highest BCUT2D eigenvalue weighted by molar-refractivity contribution is 7.88. The molecule has 0 amide bonds. The molecule has 1 aliphatic rings. The first-order valence-corrected chi connectivity index (χ1v) is 6.66. The molecule has 0 spiro atoms. The minimum absolute atomic E-state index is 0.0838. The molecule has 2 unspecified atom stereocenters. The molecule has 0 aliphatic carbocycles. The summed E-state index contributed by atoms with van der Waals surface area (Å²) in [6.07, 6.45) is 2.43. The lowest BCUT2D eigenvalue weighted by Gasteiger charge is -2.41. The Morgan fingerprint density at radius 2 is 2.14 bits per heavy atom. The molecule has 1 heterocycles. The molecule has 0 saturated carbocycles. The van der Waals surface area contributed by atoms with Crippen molar-refractivity contribution < 1.29 is 12.8 Å². The summed E-state index contributed by atoms with van der Waals surface area (Å²) in [7, 11) is -3.12. The van der Waals surface area contributed by atoms with Crippen LogP contribution in [0.3, 0.4) is 0 Å². The minimum atomic E-state index is -3.12. The molecule has 1 saturated heterocycles. The maximum Gasteiger partial charge on any atom is 0.211 e. The van der Waals surface area contributed by atoms with Gasteiger partial charge in [0.2, 0.25) is 10.0 Å². The Bertz CT molecular complexity index is 304. The highest BCUT2D eigenvalue weighted by Crippen LogP contribution is 2.35. The summed E-state index contributed by atoms with van der Waals surface area (Å²) >= 11 is 0. The molecule has 0 aromatic carbocycles. The second-order valence-corrected chi connectivity index (χ2v) is 6.56. The summed E-state index contributed by atoms with van der Waals surface area (Å²) in [4.78, 5) is 0. The largest absolute Gasteiger partial charge is 0.251 e. The molecule has 0 radical (unpaired) electrons. The van der Waals surface area contributed by atoms with Crippen molar-refractivity contribution in [3.63, 3.8) is 0 Å². The van der Waals surface area contributed by atoms with Gasteiger partial charge in [-0.25, -0.2) is 8.42 Å². The highest BCUT2D eigenvalue weighted by atomic mass is 32.2. The van der Waals surface area contributed by atoms with Crippen molar-refractivity contribution in [1.82, 2.24) is 4.31 Å². The second kappa shape index (κ2) is 3.77. The normalized spacial score (nSPS) is 35.9. The SMILES string of the molecule is CC1CC(C)(CF)CCN1S(C)(=O)=O. The Balaban J connectivity index is 2.75. The number of hydrogen-bond acceptors (Lipinski definition) is 2. The molecule has 1 aliphatic heterocycles.